The number of hydrogen-bond acceptors (Lipinski definition) is 1. The molecular formula is C17H14O. The molecule has 0 saturated carbocycles. The van der Waals surface area contributed by atoms with E-state index in [1.807, 2.05) is 60.7 Å². The zero-order chi connectivity index (χ0) is 12.6. The SMILES string of the molecule is O=CCC(C#Cc1ccccc1)c1ccccc1. The summed E-state index contributed by atoms with van der Waals surface area (Å²) in [6.45, 7) is 0. The van der Waals surface area contributed by atoms with Crippen LogP contribution in [0.3, 0.4) is 0 Å². The number of aldehydes is 1. The summed E-state index contributed by atoms with van der Waals surface area (Å²) in [6.07, 6.45) is 1.36. The number of rotatable bonds is 3. The Kier molecular flexibility index (Phi) is 4.33. The normalized spacial score (nSPS) is 11.1. The van der Waals surface area contributed by atoms with Gasteiger partial charge in [0, 0.05) is 12.0 Å². The van der Waals surface area contributed by atoms with Crippen LogP contribution in [0.15, 0.2) is 60.7 Å². The van der Waals surface area contributed by atoms with E-state index in [9.17, 15) is 4.79 Å². The van der Waals surface area contributed by atoms with Gasteiger partial charge >= 0.3 is 0 Å². The molecule has 2 aromatic carbocycles. The second-order valence-corrected chi connectivity index (χ2v) is 4.00. The molecule has 1 heteroatoms. The third kappa shape index (κ3) is 3.33. The average molecular weight is 234 g/mol. The van der Waals surface area contributed by atoms with Crippen molar-refractivity contribution in [2.75, 3.05) is 0 Å². The van der Waals surface area contributed by atoms with Crippen molar-refractivity contribution in [2.45, 2.75) is 12.3 Å². The Bertz CT molecular complexity index is 546. The van der Waals surface area contributed by atoms with E-state index in [1.54, 1.807) is 0 Å². The summed E-state index contributed by atoms with van der Waals surface area (Å²) in [6, 6.07) is 19.7. The Balaban J connectivity index is 2.23. The number of carbonyl (C=O) groups excluding carboxylic acids is 1. The molecule has 0 aliphatic carbocycles. The van der Waals surface area contributed by atoms with Gasteiger partial charge in [-0.2, -0.15) is 0 Å². The monoisotopic (exact) mass is 234 g/mol. The molecular weight excluding hydrogens is 220 g/mol. The molecule has 0 radical (unpaired) electrons. The number of carbonyl (C=O) groups is 1. The molecule has 88 valence electrons. The van der Waals surface area contributed by atoms with Gasteiger partial charge in [-0.3, -0.25) is 0 Å². The van der Waals surface area contributed by atoms with Gasteiger partial charge < -0.3 is 4.79 Å². The van der Waals surface area contributed by atoms with E-state index in [0.29, 0.717) is 6.42 Å². The lowest BCUT2D eigenvalue weighted by Gasteiger charge is -2.06. The Hall–Kier alpha value is -2.33. The maximum Gasteiger partial charge on any atom is 0.121 e. The fraction of sp³-hybridized carbons (Fsp3) is 0.118. The molecule has 0 saturated heterocycles. The Labute approximate surface area is 107 Å². The van der Waals surface area contributed by atoms with Gasteiger partial charge in [-0.25, -0.2) is 0 Å². The molecule has 18 heavy (non-hydrogen) atoms. The molecule has 0 aliphatic heterocycles. The van der Waals surface area contributed by atoms with Crippen LogP contribution < -0.4 is 0 Å². The summed E-state index contributed by atoms with van der Waals surface area (Å²) >= 11 is 0. The van der Waals surface area contributed by atoms with E-state index < -0.39 is 0 Å². The van der Waals surface area contributed by atoms with Crippen molar-refractivity contribution >= 4 is 6.29 Å². The van der Waals surface area contributed by atoms with Crippen LogP contribution in [-0.2, 0) is 4.79 Å². The van der Waals surface area contributed by atoms with Crippen molar-refractivity contribution in [1.82, 2.24) is 0 Å². The van der Waals surface area contributed by atoms with Crippen molar-refractivity contribution in [3.63, 3.8) is 0 Å². The van der Waals surface area contributed by atoms with Crippen LogP contribution in [0.2, 0.25) is 0 Å². The lowest BCUT2D eigenvalue weighted by atomic mass is 9.96. The highest BCUT2D eigenvalue weighted by atomic mass is 16.1. The smallest absolute Gasteiger partial charge is 0.121 e. The second kappa shape index (κ2) is 6.42. The van der Waals surface area contributed by atoms with Crippen LogP contribution in [0.1, 0.15) is 23.5 Å². The minimum absolute atomic E-state index is 0.0242. The summed E-state index contributed by atoms with van der Waals surface area (Å²) in [5, 5.41) is 0. The van der Waals surface area contributed by atoms with Crippen molar-refractivity contribution in [3.05, 3.63) is 71.8 Å². The zero-order valence-corrected chi connectivity index (χ0v) is 10.0. The Morgan fingerprint density at radius 1 is 0.944 bits per heavy atom. The highest BCUT2D eigenvalue weighted by Crippen LogP contribution is 2.17. The highest BCUT2D eigenvalue weighted by molar-refractivity contribution is 5.54. The summed E-state index contributed by atoms with van der Waals surface area (Å²) in [5.74, 6) is 6.27. The fourth-order valence-electron chi connectivity index (χ4n) is 1.75. The molecule has 0 aliphatic rings. The third-order valence-corrected chi connectivity index (χ3v) is 2.70. The fourth-order valence-corrected chi connectivity index (χ4v) is 1.75. The van der Waals surface area contributed by atoms with Gasteiger partial charge in [0.1, 0.15) is 6.29 Å². The van der Waals surface area contributed by atoms with Crippen LogP contribution in [0.5, 0.6) is 0 Å². The average Bonchev–Trinajstić information content (AvgIpc) is 2.45. The largest absolute Gasteiger partial charge is 0.303 e. The third-order valence-electron chi connectivity index (χ3n) is 2.70. The maximum absolute atomic E-state index is 10.7. The van der Waals surface area contributed by atoms with E-state index in [0.717, 1.165) is 17.4 Å². The first-order chi connectivity index (χ1) is 8.90. The molecule has 2 rings (SSSR count). The lowest BCUT2D eigenvalue weighted by molar-refractivity contribution is -0.107. The standard InChI is InChI=1S/C17H14O/c18-14-13-17(16-9-5-2-6-10-16)12-11-15-7-3-1-4-8-15/h1-10,14,17H,13H2. The van der Waals surface area contributed by atoms with Gasteiger partial charge in [0.25, 0.3) is 0 Å². The van der Waals surface area contributed by atoms with Gasteiger partial charge in [0.15, 0.2) is 0 Å². The van der Waals surface area contributed by atoms with Gasteiger partial charge in [-0.15, -0.1) is 0 Å². The zero-order valence-electron chi connectivity index (χ0n) is 10.0. The molecule has 1 nitrogen and oxygen atoms in total. The van der Waals surface area contributed by atoms with Crippen LogP contribution in [-0.4, -0.2) is 6.29 Å². The molecule has 0 amide bonds. The molecule has 1 unspecified atom stereocenters. The predicted molar refractivity (Wildman–Crippen MR) is 73.2 cm³/mol. The van der Waals surface area contributed by atoms with Gasteiger partial charge in [0.05, 0.1) is 5.92 Å². The molecule has 2 aromatic rings. The molecule has 0 N–H and O–H groups in total. The molecule has 0 bridgehead atoms. The van der Waals surface area contributed by atoms with Crippen molar-refractivity contribution in [1.29, 1.82) is 0 Å². The van der Waals surface area contributed by atoms with E-state index >= 15 is 0 Å². The highest BCUT2D eigenvalue weighted by Gasteiger charge is 2.06. The summed E-state index contributed by atoms with van der Waals surface area (Å²) in [5.41, 5.74) is 2.07. The summed E-state index contributed by atoms with van der Waals surface area (Å²) in [4.78, 5) is 10.7. The van der Waals surface area contributed by atoms with Gasteiger partial charge in [0.2, 0.25) is 0 Å². The van der Waals surface area contributed by atoms with E-state index in [1.165, 1.54) is 0 Å². The van der Waals surface area contributed by atoms with Crippen LogP contribution in [0, 0.1) is 11.8 Å². The van der Waals surface area contributed by atoms with E-state index in [-0.39, 0.29) is 5.92 Å². The van der Waals surface area contributed by atoms with E-state index in [2.05, 4.69) is 11.8 Å². The number of hydrogen-bond donors (Lipinski definition) is 0. The molecule has 0 heterocycles. The van der Waals surface area contributed by atoms with Gasteiger partial charge in [-0.05, 0) is 17.7 Å². The Morgan fingerprint density at radius 3 is 2.17 bits per heavy atom. The van der Waals surface area contributed by atoms with Crippen LogP contribution in [0.25, 0.3) is 0 Å². The molecule has 0 fully saturated rings. The number of benzene rings is 2. The predicted octanol–water partition coefficient (Wildman–Crippen LogP) is 3.41. The van der Waals surface area contributed by atoms with E-state index in [4.69, 9.17) is 0 Å². The molecule has 0 aromatic heterocycles. The summed E-state index contributed by atoms with van der Waals surface area (Å²) in [7, 11) is 0. The first kappa shape index (κ1) is 12.1. The molecule has 1 atom stereocenters. The van der Waals surface area contributed by atoms with Crippen LogP contribution >= 0.6 is 0 Å². The van der Waals surface area contributed by atoms with Crippen LogP contribution in [0.4, 0.5) is 0 Å². The minimum atomic E-state index is -0.0242. The van der Waals surface area contributed by atoms with Crippen molar-refractivity contribution < 1.29 is 4.79 Å². The van der Waals surface area contributed by atoms with Crippen molar-refractivity contribution in [3.8, 4) is 11.8 Å². The topological polar surface area (TPSA) is 17.1 Å². The Morgan fingerprint density at radius 2 is 1.56 bits per heavy atom. The quantitative estimate of drug-likeness (QED) is 0.587. The van der Waals surface area contributed by atoms with Crippen molar-refractivity contribution in [2.24, 2.45) is 0 Å². The maximum atomic E-state index is 10.7. The lowest BCUT2D eigenvalue weighted by Crippen LogP contribution is -1.96. The second-order valence-electron chi connectivity index (χ2n) is 4.00. The first-order valence-electron chi connectivity index (χ1n) is 5.95. The minimum Gasteiger partial charge on any atom is -0.303 e. The molecule has 0 spiro atoms. The first-order valence-corrected chi connectivity index (χ1v) is 5.95. The summed E-state index contributed by atoms with van der Waals surface area (Å²) < 4.78 is 0. The van der Waals surface area contributed by atoms with Gasteiger partial charge in [-0.1, -0.05) is 60.4 Å².